The first-order chi connectivity index (χ1) is 10.5. The number of anilines is 1. The number of carbonyl (C=O) groups excluding carboxylic acids is 1. The monoisotopic (exact) mass is 296 g/mol. The van der Waals surface area contributed by atoms with Crippen LogP contribution >= 0.6 is 0 Å². The smallest absolute Gasteiger partial charge is 0.269 e. The van der Waals surface area contributed by atoms with Gasteiger partial charge in [-0.15, -0.1) is 0 Å². The van der Waals surface area contributed by atoms with Gasteiger partial charge in [-0.25, -0.2) is 0 Å². The molecule has 0 unspecified atom stereocenters. The number of benzene rings is 2. The fourth-order valence-electron chi connectivity index (χ4n) is 2.56. The van der Waals surface area contributed by atoms with Crippen molar-refractivity contribution in [3.63, 3.8) is 0 Å². The van der Waals surface area contributed by atoms with Crippen LogP contribution in [0.3, 0.4) is 0 Å². The van der Waals surface area contributed by atoms with Crippen LogP contribution in [0.2, 0.25) is 0 Å². The predicted molar refractivity (Wildman–Crippen MR) is 83.8 cm³/mol. The van der Waals surface area contributed by atoms with Crippen LogP contribution in [0.15, 0.2) is 48.5 Å². The first-order valence-corrected chi connectivity index (χ1v) is 7.14. The highest BCUT2D eigenvalue weighted by molar-refractivity contribution is 6.01. The van der Waals surface area contributed by atoms with Crippen molar-refractivity contribution in [1.29, 1.82) is 0 Å². The third kappa shape index (κ3) is 2.57. The molecule has 0 saturated heterocycles. The second-order valence-corrected chi connectivity index (χ2v) is 5.71. The minimum absolute atomic E-state index is 0.0403. The van der Waals surface area contributed by atoms with Crippen molar-refractivity contribution in [3.05, 3.63) is 69.8 Å². The largest absolute Gasteiger partial charge is 0.325 e. The molecule has 0 heterocycles. The molecular weight excluding hydrogens is 280 g/mol. The number of non-ortho nitro benzene ring substituents is 1. The van der Waals surface area contributed by atoms with Crippen LogP contribution in [0.5, 0.6) is 0 Å². The molecule has 1 saturated carbocycles. The number of amides is 1. The van der Waals surface area contributed by atoms with Crippen molar-refractivity contribution in [1.82, 2.24) is 0 Å². The van der Waals surface area contributed by atoms with Crippen LogP contribution in [0.25, 0.3) is 0 Å². The normalized spacial score (nSPS) is 15.1. The Balaban J connectivity index is 1.79. The van der Waals surface area contributed by atoms with Gasteiger partial charge in [-0.05, 0) is 37.5 Å². The Labute approximate surface area is 128 Å². The number of nitrogens with one attached hydrogen (secondary N) is 1. The molecule has 5 nitrogen and oxygen atoms in total. The maximum absolute atomic E-state index is 12.6. The molecule has 112 valence electrons. The molecule has 22 heavy (non-hydrogen) atoms. The number of hydrogen-bond donors (Lipinski definition) is 1. The Bertz CT molecular complexity index is 717. The lowest BCUT2D eigenvalue weighted by molar-refractivity contribution is -0.384. The minimum Gasteiger partial charge on any atom is -0.325 e. The Kier molecular flexibility index (Phi) is 3.41. The zero-order valence-corrected chi connectivity index (χ0v) is 12.2. The number of hydrogen-bond acceptors (Lipinski definition) is 3. The second-order valence-electron chi connectivity index (χ2n) is 5.71. The van der Waals surface area contributed by atoms with Crippen molar-refractivity contribution in [2.24, 2.45) is 0 Å². The van der Waals surface area contributed by atoms with Gasteiger partial charge in [-0.3, -0.25) is 14.9 Å². The molecule has 1 N–H and O–H groups in total. The summed E-state index contributed by atoms with van der Waals surface area (Å²) in [6, 6.07) is 13.9. The Morgan fingerprint density at radius 2 is 1.68 bits per heavy atom. The average Bonchev–Trinajstić information content (AvgIpc) is 3.31. The molecular formula is C17H16N2O3. The van der Waals surface area contributed by atoms with Crippen LogP contribution < -0.4 is 5.32 Å². The molecule has 0 atom stereocenters. The Morgan fingerprint density at radius 3 is 2.18 bits per heavy atom. The van der Waals surface area contributed by atoms with Gasteiger partial charge in [0.15, 0.2) is 0 Å². The number of nitro benzene ring substituents is 1. The van der Waals surface area contributed by atoms with Crippen molar-refractivity contribution >= 4 is 17.3 Å². The molecule has 1 amide bonds. The summed E-state index contributed by atoms with van der Waals surface area (Å²) >= 11 is 0. The summed E-state index contributed by atoms with van der Waals surface area (Å²) in [7, 11) is 0. The van der Waals surface area contributed by atoms with Gasteiger partial charge in [0.25, 0.3) is 5.69 Å². The van der Waals surface area contributed by atoms with Crippen LogP contribution in [0.4, 0.5) is 11.4 Å². The van der Waals surface area contributed by atoms with E-state index in [2.05, 4.69) is 5.32 Å². The quantitative estimate of drug-likeness (QED) is 0.692. The summed E-state index contributed by atoms with van der Waals surface area (Å²) in [5.41, 5.74) is 2.24. The highest BCUT2D eigenvalue weighted by atomic mass is 16.6. The van der Waals surface area contributed by atoms with E-state index in [0.29, 0.717) is 0 Å². The minimum atomic E-state index is -0.542. The number of rotatable bonds is 4. The van der Waals surface area contributed by atoms with E-state index in [0.717, 1.165) is 29.7 Å². The summed E-state index contributed by atoms with van der Waals surface area (Å²) in [5, 5.41) is 13.6. The van der Waals surface area contributed by atoms with E-state index in [9.17, 15) is 14.9 Å². The Hall–Kier alpha value is -2.69. The molecule has 0 aromatic heterocycles. The summed E-state index contributed by atoms with van der Waals surface area (Å²) in [6.45, 7) is 1.99. The van der Waals surface area contributed by atoms with Crippen molar-refractivity contribution in [2.75, 3.05) is 5.32 Å². The fraction of sp³-hybridized carbons (Fsp3) is 0.235. The summed E-state index contributed by atoms with van der Waals surface area (Å²) in [6.07, 6.45) is 1.53. The topological polar surface area (TPSA) is 72.2 Å². The molecule has 1 aliphatic rings. The lowest BCUT2D eigenvalue weighted by Gasteiger charge is -2.15. The molecule has 2 aromatic carbocycles. The van der Waals surface area contributed by atoms with E-state index in [-0.39, 0.29) is 11.6 Å². The first-order valence-electron chi connectivity index (χ1n) is 7.14. The summed E-state index contributed by atoms with van der Waals surface area (Å²) < 4.78 is 0. The maximum Gasteiger partial charge on any atom is 0.269 e. The van der Waals surface area contributed by atoms with Gasteiger partial charge < -0.3 is 5.32 Å². The van der Waals surface area contributed by atoms with Crippen LogP contribution in [0, 0.1) is 17.0 Å². The molecule has 1 aliphatic carbocycles. The summed E-state index contributed by atoms with van der Waals surface area (Å²) in [4.78, 5) is 22.8. The standard InChI is InChI=1S/C17H16N2O3/c1-12-2-6-14(7-3-12)18-16(20)17(10-11-17)13-4-8-15(9-5-13)19(21)22/h2-9H,10-11H2,1H3,(H,18,20). The van der Waals surface area contributed by atoms with E-state index in [1.165, 1.54) is 12.1 Å². The lowest BCUT2D eigenvalue weighted by Crippen LogP contribution is -2.27. The summed E-state index contributed by atoms with van der Waals surface area (Å²) in [5.74, 6) is -0.0507. The van der Waals surface area contributed by atoms with Crippen molar-refractivity contribution in [3.8, 4) is 0 Å². The van der Waals surface area contributed by atoms with Crippen LogP contribution in [-0.4, -0.2) is 10.8 Å². The molecule has 0 bridgehead atoms. The van der Waals surface area contributed by atoms with Crippen LogP contribution in [0.1, 0.15) is 24.0 Å². The van der Waals surface area contributed by atoms with E-state index in [4.69, 9.17) is 0 Å². The Morgan fingerprint density at radius 1 is 1.09 bits per heavy atom. The third-order valence-electron chi connectivity index (χ3n) is 4.12. The van der Waals surface area contributed by atoms with E-state index >= 15 is 0 Å². The highest BCUT2D eigenvalue weighted by Gasteiger charge is 2.51. The van der Waals surface area contributed by atoms with Crippen LogP contribution in [-0.2, 0) is 10.2 Å². The SMILES string of the molecule is Cc1ccc(NC(=O)C2(c3ccc([N+](=O)[O-])cc3)CC2)cc1. The molecule has 1 fully saturated rings. The maximum atomic E-state index is 12.6. The van der Waals surface area contributed by atoms with Gasteiger partial charge in [-0.2, -0.15) is 0 Å². The number of nitrogens with zero attached hydrogens (tertiary/aromatic N) is 1. The van der Waals surface area contributed by atoms with Gasteiger partial charge in [-0.1, -0.05) is 29.8 Å². The average molecular weight is 296 g/mol. The molecule has 0 aliphatic heterocycles. The van der Waals surface area contributed by atoms with Gasteiger partial charge in [0.05, 0.1) is 10.3 Å². The molecule has 0 radical (unpaired) electrons. The zero-order valence-electron chi connectivity index (χ0n) is 12.2. The number of carbonyl (C=O) groups is 1. The van der Waals surface area contributed by atoms with E-state index in [1.807, 2.05) is 31.2 Å². The van der Waals surface area contributed by atoms with Gasteiger partial charge in [0.2, 0.25) is 5.91 Å². The van der Waals surface area contributed by atoms with Crippen molar-refractivity contribution in [2.45, 2.75) is 25.2 Å². The van der Waals surface area contributed by atoms with Gasteiger partial charge in [0, 0.05) is 17.8 Å². The number of nitro groups is 1. The third-order valence-corrected chi connectivity index (χ3v) is 4.12. The van der Waals surface area contributed by atoms with E-state index < -0.39 is 10.3 Å². The van der Waals surface area contributed by atoms with Crippen molar-refractivity contribution < 1.29 is 9.72 Å². The zero-order chi connectivity index (χ0) is 15.7. The fourth-order valence-corrected chi connectivity index (χ4v) is 2.56. The number of aryl methyl sites for hydroxylation is 1. The second kappa shape index (κ2) is 5.26. The first kappa shape index (κ1) is 14.3. The lowest BCUT2D eigenvalue weighted by atomic mass is 9.94. The van der Waals surface area contributed by atoms with Gasteiger partial charge >= 0.3 is 0 Å². The highest BCUT2D eigenvalue weighted by Crippen LogP contribution is 2.49. The van der Waals surface area contributed by atoms with E-state index in [1.54, 1.807) is 12.1 Å². The molecule has 3 rings (SSSR count). The molecule has 2 aromatic rings. The molecule has 5 heteroatoms. The van der Waals surface area contributed by atoms with Gasteiger partial charge in [0.1, 0.15) is 0 Å². The molecule has 0 spiro atoms. The predicted octanol–water partition coefficient (Wildman–Crippen LogP) is 3.57.